The van der Waals surface area contributed by atoms with E-state index in [1.165, 1.54) is 11.3 Å². The Balaban J connectivity index is 1.87. The first-order valence-electron chi connectivity index (χ1n) is 8.77. The topological polar surface area (TPSA) is 55.6 Å². The van der Waals surface area contributed by atoms with Crippen molar-refractivity contribution in [2.75, 3.05) is 11.9 Å². The van der Waals surface area contributed by atoms with Gasteiger partial charge in [-0.1, -0.05) is 48.5 Å². The van der Waals surface area contributed by atoms with Crippen molar-refractivity contribution in [3.05, 3.63) is 77.9 Å². The van der Waals surface area contributed by atoms with E-state index in [1.54, 1.807) is 0 Å². The molecule has 0 unspecified atom stereocenters. The number of nitrogens with one attached hydrogen (secondary N) is 1. The van der Waals surface area contributed by atoms with E-state index in [0.717, 1.165) is 27.6 Å². The minimum atomic E-state index is -0.674. The lowest BCUT2D eigenvalue weighted by Gasteiger charge is -2.19. The Bertz CT molecular complexity index is 1040. The lowest BCUT2D eigenvalue weighted by molar-refractivity contribution is -0.144. The molecule has 0 aliphatic heterocycles. The molecule has 0 saturated carbocycles. The third-order valence-electron chi connectivity index (χ3n) is 4.23. The molecule has 2 aromatic heterocycles. The third kappa shape index (κ3) is 3.44. The first kappa shape index (κ1) is 17.3. The van der Waals surface area contributed by atoms with Gasteiger partial charge in [0.25, 0.3) is 0 Å². The number of benzene rings is 2. The quantitative estimate of drug-likeness (QED) is 0.491. The normalized spacial score (nSPS) is 12.0. The molecule has 0 bridgehead atoms. The number of aromatic nitrogens is 2. The van der Waals surface area contributed by atoms with Crippen molar-refractivity contribution >= 4 is 28.0 Å². The fourth-order valence-corrected chi connectivity index (χ4v) is 3.77. The number of ether oxygens (including phenoxy) is 1. The summed E-state index contributed by atoms with van der Waals surface area (Å²) in [4.78, 5) is 18.5. The molecule has 0 radical (unpaired) electrons. The van der Waals surface area contributed by atoms with Gasteiger partial charge in [0.05, 0.1) is 18.0 Å². The molecule has 27 heavy (non-hydrogen) atoms. The van der Waals surface area contributed by atoms with Crippen molar-refractivity contribution in [2.24, 2.45) is 0 Å². The second-order valence-electron chi connectivity index (χ2n) is 5.96. The van der Waals surface area contributed by atoms with Crippen LogP contribution in [0.4, 0.5) is 5.69 Å². The Morgan fingerprint density at radius 2 is 1.85 bits per heavy atom. The van der Waals surface area contributed by atoms with Gasteiger partial charge in [-0.2, -0.15) is 0 Å². The van der Waals surface area contributed by atoms with E-state index in [9.17, 15) is 4.79 Å². The van der Waals surface area contributed by atoms with Crippen molar-refractivity contribution < 1.29 is 9.53 Å². The number of carbonyl (C=O) groups is 1. The highest BCUT2D eigenvalue weighted by molar-refractivity contribution is 7.15. The van der Waals surface area contributed by atoms with Gasteiger partial charge in [-0.05, 0) is 19.1 Å². The molecule has 2 aromatic carbocycles. The maximum atomic E-state index is 12.9. The summed E-state index contributed by atoms with van der Waals surface area (Å²) in [7, 11) is 0. The smallest absolute Gasteiger partial charge is 0.334 e. The van der Waals surface area contributed by atoms with Crippen molar-refractivity contribution in [3.8, 4) is 11.3 Å². The second-order valence-corrected chi connectivity index (χ2v) is 6.84. The molecular weight excluding hydrogens is 358 g/mol. The summed E-state index contributed by atoms with van der Waals surface area (Å²) < 4.78 is 7.34. The van der Waals surface area contributed by atoms with Crippen LogP contribution >= 0.6 is 11.3 Å². The third-order valence-corrected chi connectivity index (χ3v) is 4.98. The fourth-order valence-electron chi connectivity index (χ4n) is 3.05. The number of imidazole rings is 1. The Hall–Kier alpha value is -3.12. The number of esters is 1. The standard InChI is InChI=1S/C21H19N3O2S/c1-2-26-20(25)18(22-16-11-7-4-8-12-16)19-17(15-9-5-3-6-10-15)23-21-24(19)13-14-27-21/h3-14,18,22H,2H2,1H3/t18-/m1/s1. The Morgan fingerprint density at radius 3 is 2.56 bits per heavy atom. The van der Waals surface area contributed by atoms with Crippen molar-refractivity contribution in [1.29, 1.82) is 0 Å². The molecular formula is C21H19N3O2S. The molecule has 1 N–H and O–H groups in total. The Kier molecular flexibility index (Phi) is 4.89. The van der Waals surface area contributed by atoms with E-state index >= 15 is 0 Å². The summed E-state index contributed by atoms with van der Waals surface area (Å²) in [5.41, 5.74) is 3.37. The molecule has 5 nitrogen and oxygen atoms in total. The molecule has 0 aliphatic rings. The highest BCUT2D eigenvalue weighted by atomic mass is 32.1. The maximum Gasteiger partial charge on any atom is 0.334 e. The first-order chi connectivity index (χ1) is 13.3. The van der Waals surface area contributed by atoms with Crippen LogP contribution in [0.15, 0.2) is 72.2 Å². The zero-order chi connectivity index (χ0) is 18.6. The predicted octanol–water partition coefficient (Wildman–Crippen LogP) is 4.78. The SMILES string of the molecule is CCOC(=O)[C@H](Nc1ccccc1)c1c(-c2ccccc2)nc2sccn12. The van der Waals surface area contributed by atoms with E-state index in [4.69, 9.17) is 9.72 Å². The van der Waals surface area contributed by atoms with Gasteiger partial charge in [-0.15, -0.1) is 11.3 Å². The number of carbonyl (C=O) groups excluding carboxylic acids is 1. The Morgan fingerprint density at radius 1 is 1.15 bits per heavy atom. The monoisotopic (exact) mass is 377 g/mol. The van der Waals surface area contributed by atoms with Crippen LogP contribution in [-0.2, 0) is 9.53 Å². The van der Waals surface area contributed by atoms with Crippen LogP contribution in [0.2, 0.25) is 0 Å². The van der Waals surface area contributed by atoms with E-state index in [1.807, 2.05) is 83.6 Å². The van der Waals surface area contributed by atoms with E-state index in [-0.39, 0.29) is 5.97 Å². The molecule has 0 fully saturated rings. The number of para-hydroxylation sites is 1. The van der Waals surface area contributed by atoms with Crippen LogP contribution in [0, 0.1) is 0 Å². The van der Waals surface area contributed by atoms with Crippen LogP contribution in [-0.4, -0.2) is 22.0 Å². The maximum absolute atomic E-state index is 12.9. The molecule has 1 atom stereocenters. The predicted molar refractivity (Wildman–Crippen MR) is 108 cm³/mol. The fraction of sp³-hybridized carbons (Fsp3) is 0.143. The Labute approximate surface area is 161 Å². The van der Waals surface area contributed by atoms with E-state index in [2.05, 4.69) is 5.32 Å². The average Bonchev–Trinajstić information content (AvgIpc) is 3.29. The molecule has 0 saturated heterocycles. The minimum absolute atomic E-state index is 0.318. The molecule has 136 valence electrons. The summed E-state index contributed by atoms with van der Waals surface area (Å²) in [5, 5.41) is 5.29. The van der Waals surface area contributed by atoms with Crippen molar-refractivity contribution in [2.45, 2.75) is 13.0 Å². The van der Waals surface area contributed by atoms with Crippen molar-refractivity contribution in [3.63, 3.8) is 0 Å². The van der Waals surface area contributed by atoms with Gasteiger partial charge in [-0.25, -0.2) is 9.78 Å². The highest BCUT2D eigenvalue weighted by Crippen LogP contribution is 2.33. The molecule has 2 heterocycles. The van der Waals surface area contributed by atoms with Gasteiger partial charge in [0.15, 0.2) is 11.0 Å². The van der Waals surface area contributed by atoms with Gasteiger partial charge >= 0.3 is 5.97 Å². The summed E-state index contributed by atoms with van der Waals surface area (Å²) in [6, 6.07) is 18.9. The summed E-state index contributed by atoms with van der Waals surface area (Å²) in [6.07, 6.45) is 1.94. The number of thiazole rings is 1. The zero-order valence-electron chi connectivity index (χ0n) is 14.8. The molecule has 0 amide bonds. The lowest BCUT2D eigenvalue weighted by atomic mass is 10.1. The van der Waals surface area contributed by atoms with Crippen LogP contribution < -0.4 is 5.32 Å². The molecule has 0 aliphatic carbocycles. The largest absolute Gasteiger partial charge is 0.464 e. The van der Waals surface area contributed by atoms with E-state index in [0.29, 0.717) is 6.61 Å². The number of anilines is 1. The number of fused-ring (bicyclic) bond motifs is 1. The van der Waals surface area contributed by atoms with Gasteiger partial charge in [-0.3, -0.25) is 4.40 Å². The van der Waals surface area contributed by atoms with Gasteiger partial charge < -0.3 is 10.1 Å². The van der Waals surface area contributed by atoms with Gasteiger partial charge in [0, 0.05) is 22.8 Å². The van der Waals surface area contributed by atoms with Gasteiger partial charge in [0.1, 0.15) is 0 Å². The van der Waals surface area contributed by atoms with Crippen molar-refractivity contribution in [1.82, 2.24) is 9.38 Å². The van der Waals surface area contributed by atoms with Crippen LogP contribution in [0.1, 0.15) is 18.7 Å². The van der Waals surface area contributed by atoms with Crippen LogP contribution in [0.5, 0.6) is 0 Å². The molecule has 4 rings (SSSR count). The summed E-state index contributed by atoms with van der Waals surface area (Å²) >= 11 is 1.54. The van der Waals surface area contributed by atoms with Crippen LogP contribution in [0.25, 0.3) is 16.2 Å². The lowest BCUT2D eigenvalue weighted by Crippen LogP contribution is -2.25. The number of hydrogen-bond donors (Lipinski definition) is 1. The number of nitrogens with zero attached hydrogens (tertiary/aromatic N) is 2. The molecule has 6 heteroatoms. The molecule has 4 aromatic rings. The minimum Gasteiger partial charge on any atom is -0.464 e. The zero-order valence-corrected chi connectivity index (χ0v) is 15.6. The number of hydrogen-bond acceptors (Lipinski definition) is 5. The number of rotatable bonds is 6. The highest BCUT2D eigenvalue weighted by Gasteiger charge is 2.30. The van der Waals surface area contributed by atoms with Gasteiger partial charge in [0.2, 0.25) is 0 Å². The second kappa shape index (κ2) is 7.63. The first-order valence-corrected chi connectivity index (χ1v) is 9.65. The molecule has 0 spiro atoms. The average molecular weight is 377 g/mol. The summed E-state index contributed by atoms with van der Waals surface area (Å²) in [5.74, 6) is -0.327. The van der Waals surface area contributed by atoms with Crippen LogP contribution in [0.3, 0.4) is 0 Å². The summed E-state index contributed by atoms with van der Waals surface area (Å²) in [6.45, 7) is 2.13. The van der Waals surface area contributed by atoms with E-state index < -0.39 is 6.04 Å².